The minimum absolute atomic E-state index is 0.542. The van der Waals surface area contributed by atoms with Gasteiger partial charge >= 0.3 is 0 Å². The molecule has 0 spiro atoms. The monoisotopic (exact) mass is 261 g/mol. The van der Waals surface area contributed by atoms with Crippen LogP contribution in [-0.4, -0.2) is 6.54 Å². The Kier molecular flexibility index (Phi) is 8.57. The summed E-state index contributed by atoms with van der Waals surface area (Å²) in [7, 11) is 0. The van der Waals surface area contributed by atoms with Crippen LogP contribution in [0.3, 0.4) is 0 Å². The van der Waals surface area contributed by atoms with Crippen molar-refractivity contribution in [2.24, 2.45) is 5.92 Å². The Bertz CT molecular complexity index is 305. The van der Waals surface area contributed by atoms with Crippen LogP contribution in [0.4, 0.5) is 0 Å². The molecule has 1 unspecified atom stereocenters. The average Bonchev–Trinajstić information content (AvgIpc) is 2.42. The van der Waals surface area contributed by atoms with E-state index in [1.54, 1.807) is 0 Å². The van der Waals surface area contributed by atoms with Crippen LogP contribution in [0.15, 0.2) is 30.3 Å². The average molecular weight is 261 g/mol. The van der Waals surface area contributed by atoms with E-state index in [0.29, 0.717) is 6.04 Å². The molecule has 1 atom stereocenters. The van der Waals surface area contributed by atoms with Gasteiger partial charge in [-0.1, -0.05) is 76.8 Å². The zero-order valence-electron chi connectivity index (χ0n) is 13.0. The van der Waals surface area contributed by atoms with E-state index in [2.05, 4.69) is 56.4 Å². The lowest BCUT2D eigenvalue weighted by atomic mass is 10.0. The van der Waals surface area contributed by atoms with Gasteiger partial charge in [0.15, 0.2) is 0 Å². The summed E-state index contributed by atoms with van der Waals surface area (Å²) in [6, 6.07) is 11.4. The maximum Gasteiger partial charge on any atom is 0.0320 e. The van der Waals surface area contributed by atoms with Crippen LogP contribution in [0.5, 0.6) is 0 Å². The second-order valence-electron chi connectivity index (χ2n) is 5.95. The normalized spacial score (nSPS) is 12.8. The van der Waals surface area contributed by atoms with E-state index in [1.165, 1.54) is 44.1 Å². The molecule has 0 heterocycles. The van der Waals surface area contributed by atoms with Crippen molar-refractivity contribution in [3.8, 4) is 0 Å². The summed E-state index contributed by atoms with van der Waals surface area (Å²) >= 11 is 0. The largest absolute Gasteiger partial charge is 0.310 e. The van der Waals surface area contributed by atoms with Crippen LogP contribution in [-0.2, 0) is 0 Å². The summed E-state index contributed by atoms with van der Waals surface area (Å²) in [4.78, 5) is 0. The van der Waals surface area contributed by atoms with Crippen molar-refractivity contribution in [3.05, 3.63) is 35.9 Å². The summed E-state index contributed by atoms with van der Waals surface area (Å²) in [6.07, 6.45) is 7.84. The van der Waals surface area contributed by atoms with Crippen LogP contribution in [0.25, 0.3) is 0 Å². The molecular weight excluding hydrogens is 230 g/mol. The third kappa shape index (κ3) is 7.37. The lowest BCUT2D eigenvalue weighted by Gasteiger charge is -2.19. The minimum atomic E-state index is 0.542. The highest BCUT2D eigenvalue weighted by atomic mass is 14.9. The fourth-order valence-corrected chi connectivity index (χ4v) is 2.43. The number of unbranched alkanes of at least 4 members (excludes halogenated alkanes) is 2. The van der Waals surface area contributed by atoms with Crippen molar-refractivity contribution in [2.45, 2.75) is 65.3 Å². The fourth-order valence-electron chi connectivity index (χ4n) is 2.43. The number of hydrogen-bond acceptors (Lipinski definition) is 1. The Morgan fingerprint density at radius 3 is 2.32 bits per heavy atom. The summed E-state index contributed by atoms with van der Waals surface area (Å²) < 4.78 is 0. The molecule has 1 nitrogen and oxygen atoms in total. The number of hydrogen-bond donors (Lipinski definition) is 1. The summed E-state index contributed by atoms with van der Waals surface area (Å²) in [6.45, 7) is 8.03. The predicted molar refractivity (Wildman–Crippen MR) is 85.4 cm³/mol. The van der Waals surface area contributed by atoms with Crippen LogP contribution >= 0.6 is 0 Å². The van der Waals surface area contributed by atoms with Gasteiger partial charge in [-0.2, -0.15) is 0 Å². The first kappa shape index (κ1) is 16.2. The fraction of sp³-hybridized carbons (Fsp3) is 0.667. The second kappa shape index (κ2) is 10.0. The lowest BCUT2D eigenvalue weighted by molar-refractivity contribution is 0.456. The molecule has 0 radical (unpaired) electrons. The molecule has 0 aliphatic heterocycles. The maximum atomic E-state index is 3.74. The molecule has 0 saturated carbocycles. The molecule has 1 aromatic rings. The zero-order chi connectivity index (χ0) is 13.9. The van der Waals surface area contributed by atoms with Crippen LogP contribution in [0, 0.1) is 5.92 Å². The maximum absolute atomic E-state index is 3.74. The molecule has 0 amide bonds. The molecule has 0 aliphatic carbocycles. The van der Waals surface area contributed by atoms with E-state index in [1.807, 2.05) is 0 Å². The van der Waals surface area contributed by atoms with E-state index in [-0.39, 0.29) is 0 Å². The molecule has 0 fully saturated rings. The number of nitrogens with one attached hydrogen (secondary N) is 1. The molecule has 1 aromatic carbocycles. The van der Waals surface area contributed by atoms with Gasteiger partial charge in [0.2, 0.25) is 0 Å². The van der Waals surface area contributed by atoms with Crippen molar-refractivity contribution in [3.63, 3.8) is 0 Å². The van der Waals surface area contributed by atoms with Gasteiger partial charge in [0.1, 0.15) is 0 Å². The van der Waals surface area contributed by atoms with Gasteiger partial charge in [0.05, 0.1) is 0 Å². The first-order valence-corrected chi connectivity index (χ1v) is 8.02. The minimum Gasteiger partial charge on any atom is -0.310 e. The summed E-state index contributed by atoms with van der Waals surface area (Å²) in [5.74, 6) is 0.838. The highest BCUT2D eigenvalue weighted by molar-refractivity contribution is 5.18. The third-order valence-electron chi connectivity index (χ3n) is 3.65. The van der Waals surface area contributed by atoms with E-state index in [0.717, 1.165) is 12.5 Å². The standard InChI is InChI=1S/C18H31N/c1-4-5-14-18(17-12-7-6-8-13-17)19-15-10-9-11-16(2)3/h6-8,12-13,16,18-19H,4-5,9-11,14-15H2,1-3H3. The highest BCUT2D eigenvalue weighted by Crippen LogP contribution is 2.19. The number of benzene rings is 1. The third-order valence-corrected chi connectivity index (χ3v) is 3.65. The number of rotatable bonds is 10. The first-order chi connectivity index (χ1) is 9.24. The Balaban J connectivity index is 2.34. The van der Waals surface area contributed by atoms with E-state index < -0.39 is 0 Å². The Morgan fingerprint density at radius 2 is 1.68 bits per heavy atom. The van der Waals surface area contributed by atoms with Crippen molar-refractivity contribution in [1.82, 2.24) is 5.32 Å². The van der Waals surface area contributed by atoms with E-state index in [9.17, 15) is 0 Å². The summed E-state index contributed by atoms with van der Waals surface area (Å²) in [5, 5.41) is 3.74. The second-order valence-corrected chi connectivity index (χ2v) is 5.95. The molecule has 0 aliphatic rings. The molecule has 0 saturated heterocycles. The predicted octanol–water partition coefficient (Wildman–Crippen LogP) is 5.33. The van der Waals surface area contributed by atoms with Crippen LogP contribution < -0.4 is 5.32 Å². The molecule has 0 aromatic heterocycles. The van der Waals surface area contributed by atoms with Gasteiger partial charge in [0, 0.05) is 6.04 Å². The van der Waals surface area contributed by atoms with Crippen molar-refractivity contribution < 1.29 is 0 Å². The molecule has 1 heteroatoms. The highest BCUT2D eigenvalue weighted by Gasteiger charge is 2.09. The Hall–Kier alpha value is -0.820. The van der Waals surface area contributed by atoms with Crippen molar-refractivity contribution in [1.29, 1.82) is 0 Å². The molecule has 0 bridgehead atoms. The molecule has 1 rings (SSSR count). The smallest absolute Gasteiger partial charge is 0.0320 e. The summed E-state index contributed by atoms with van der Waals surface area (Å²) in [5.41, 5.74) is 1.44. The SMILES string of the molecule is CCCCC(NCCCCC(C)C)c1ccccc1. The zero-order valence-corrected chi connectivity index (χ0v) is 13.0. The van der Waals surface area contributed by atoms with Gasteiger partial charge in [-0.05, 0) is 30.9 Å². The van der Waals surface area contributed by atoms with Crippen LogP contribution in [0.1, 0.15) is 70.9 Å². The topological polar surface area (TPSA) is 12.0 Å². The molecule has 19 heavy (non-hydrogen) atoms. The molecular formula is C18H31N. The van der Waals surface area contributed by atoms with Gasteiger partial charge < -0.3 is 5.32 Å². The van der Waals surface area contributed by atoms with Crippen LogP contribution in [0.2, 0.25) is 0 Å². The quantitative estimate of drug-likeness (QED) is 0.561. The molecule has 108 valence electrons. The lowest BCUT2D eigenvalue weighted by Crippen LogP contribution is -2.22. The van der Waals surface area contributed by atoms with Crippen molar-refractivity contribution in [2.75, 3.05) is 6.54 Å². The molecule has 1 N–H and O–H groups in total. The van der Waals surface area contributed by atoms with Gasteiger partial charge in [-0.25, -0.2) is 0 Å². The van der Waals surface area contributed by atoms with E-state index in [4.69, 9.17) is 0 Å². The van der Waals surface area contributed by atoms with Crippen molar-refractivity contribution >= 4 is 0 Å². The van der Waals surface area contributed by atoms with Gasteiger partial charge in [-0.3, -0.25) is 0 Å². The Labute approximate surface area is 119 Å². The Morgan fingerprint density at radius 1 is 0.947 bits per heavy atom. The van der Waals surface area contributed by atoms with Gasteiger partial charge in [0.25, 0.3) is 0 Å². The first-order valence-electron chi connectivity index (χ1n) is 8.02. The van der Waals surface area contributed by atoms with Gasteiger partial charge in [-0.15, -0.1) is 0 Å². The van der Waals surface area contributed by atoms with E-state index >= 15 is 0 Å².